The first kappa shape index (κ1) is 19.9. The molecule has 0 bridgehead atoms. The molecule has 0 saturated heterocycles. The van der Waals surface area contributed by atoms with Crippen molar-refractivity contribution in [1.82, 2.24) is 0 Å². The molecule has 0 fully saturated rings. The molecular weight excluding hydrogens is 344 g/mol. The number of benzene rings is 2. The first-order chi connectivity index (χ1) is 12.4. The molecular formula is C22H24O3S. The quantitative estimate of drug-likeness (QED) is 0.646. The largest absolute Gasteiger partial charge is 0.290 e. The van der Waals surface area contributed by atoms with Crippen molar-refractivity contribution >= 4 is 27.8 Å². The van der Waals surface area contributed by atoms with Gasteiger partial charge in [0.1, 0.15) is 0 Å². The number of carbonyl (C=O) groups is 1. The number of sulfone groups is 1. The Morgan fingerprint density at radius 2 is 1.42 bits per heavy atom. The average Bonchev–Trinajstić information content (AvgIpc) is 2.65. The summed E-state index contributed by atoms with van der Waals surface area (Å²) in [5.74, 6) is 0.0287. The van der Waals surface area contributed by atoms with Gasteiger partial charge in [-0.1, -0.05) is 74.5 Å². The van der Waals surface area contributed by atoms with Crippen molar-refractivity contribution in [2.75, 3.05) is 5.75 Å². The fourth-order valence-corrected chi connectivity index (χ4v) is 3.36. The first-order valence-electron chi connectivity index (χ1n) is 8.70. The lowest BCUT2D eigenvalue weighted by Gasteiger charge is -2.02. The Hall–Kier alpha value is -2.46. The van der Waals surface area contributed by atoms with Crippen LogP contribution in [0.1, 0.15) is 36.1 Å². The second-order valence-electron chi connectivity index (χ2n) is 6.09. The maximum atomic E-state index is 12.0. The molecule has 0 aliphatic rings. The molecule has 0 aliphatic heterocycles. The standard InChI is InChI=1S/C22H24O3S/c1-3-18-7-5-8-19(15-18)11-13-22(23)14-12-20-9-6-10-21(16-20)17-26(24,25)4-2/h5-16H,3-4,17H2,1-2H3/b13-11+,14-12+. The molecule has 0 saturated carbocycles. The molecule has 0 amide bonds. The number of carbonyl (C=O) groups excluding carboxylic acids is 1. The lowest BCUT2D eigenvalue weighted by atomic mass is 10.1. The molecule has 0 heterocycles. The summed E-state index contributed by atoms with van der Waals surface area (Å²) < 4.78 is 23.5. The Labute approximate surface area is 156 Å². The summed E-state index contributed by atoms with van der Waals surface area (Å²) in [4.78, 5) is 12.0. The van der Waals surface area contributed by atoms with E-state index in [1.807, 2.05) is 18.2 Å². The van der Waals surface area contributed by atoms with Crippen LogP contribution in [0, 0.1) is 0 Å². The smallest absolute Gasteiger partial charge is 0.178 e. The van der Waals surface area contributed by atoms with Crippen molar-refractivity contribution < 1.29 is 13.2 Å². The minimum Gasteiger partial charge on any atom is -0.290 e. The van der Waals surface area contributed by atoms with Crippen LogP contribution in [0.3, 0.4) is 0 Å². The molecule has 0 aromatic heterocycles. The van der Waals surface area contributed by atoms with E-state index in [1.165, 1.54) is 17.7 Å². The highest BCUT2D eigenvalue weighted by Gasteiger charge is 2.08. The van der Waals surface area contributed by atoms with Crippen LogP contribution in [-0.4, -0.2) is 20.0 Å². The summed E-state index contributed by atoms with van der Waals surface area (Å²) in [5, 5.41) is 0. The highest BCUT2D eigenvalue weighted by Crippen LogP contribution is 2.12. The summed E-state index contributed by atoms with van der Waals surface area (Å²) in [6.45, 7) is 3.73. The minimum atomic E-state index is -3.07. The zero-order chi connectivity index (χ0) is 19.0. The van der Waals surface area contributed by atoms with Crippen molar-refractivity contribution in [2.45, 2.75) is 26.0 Å². The van der Waals surface area contributed by atoms with Gasteiger partial charge in [0, 0.05) is 5.75 Å². The van der Waals surface area contributed by atoms with Gasteiger partial charge in [0.05, 0.1) is 5.75 Å². The van der Waals surface area contributed by atoms with Crippen molar-refractivity contribution in [1.29, 1.82) is 0 Å². The minimum absolute atomic E-state index is 0.0206. The van der Waals surface area contributed by atoms with Crippen LogP contribution in [0.4, 0.5) is 0 Å². The molecule has 4 heteroatoms. The maximum absolute atomic E-state index is 12.0. The molecule has 136 valence electrons. The van der Waals surface area contributed by atoms with E-state index in [9.17, 15) is 13.2 Å². The van der Waals surface area contributed by atoms with Gasteiger partial charge < -0.3 is 0 Å². The number of hydrogen-bond donors (Lipinski definition) is 0. The molecule has 26 heavy (non-hydrogen) atoms. The predicted molar refractivity (Wildman–Crippen MR) is 109 cm³/mol. The van der Waals surface area contributed by atoms with E-state index >= 15 is 0 Å². The van der Waals surface area contributed by atoms with E-state index in [0.717, 1.165) is 23.1 Å². The Morgan fingerprint density at radius 3 is 1.96 bits per heavy atom. The zero-order valence-electron chi connectivity index (χ0n) is 15.2. The molecule has 0 spiro atoms. The van der Waals surface area contributed by atoms with Crippen molar-refractivity contribution in [3.8, 4) is 0 Å². The maximum Gasteiger partial charge on any atom is 0.178 e. The first-order valence-corrected chi connectivity index (χ1v) is 10.5. The molecule has 2 aromatic rings. The third-order valence-electron chi connectivity index (χ3n) is 4.02. The van der Waals surface area contributed by atoms with Crippen molar-refractivity contribution in [2.24, 2.45) is 0 Å². The van der Waals surface area contributed by atoms with Gasteiger partial charge in [0.2, 0.25) is 0 Å². The van der Waals surface area contributed by atoms with E-state index in [0.29, 0.717) is 0 Å². The number of hydrogen-bond acceptors (Lipinski definition) is 3. The summed E-state index contributed by atoms with van der Waals surface area (Å²) in [7, 11) is -3.07. The van der Waals surface area contributed by atoms with Crippen LogP contribution in [-0.2, 0) is 26.8 Å². The van der Waals surface area contributed by atoms with Crippen molar-refractivity contribution in [3.05, 3.63) is 82.9 Å². The zero-order valence-corrected chi connectivity index (χ0v) is 16.0. The molecule has 3 nitrogen and oxygen atoms in total. The van der Waals surface area contributed by atoms with E-state index in [4.69, 9.17) is 0 Å². The Morgan fingerprint density at radius 1 is 0.885 bits per heavy atom. The second kappa shape index (κ2) is 9.30. The Kier molecular flexibility index (Phi) is 7.10. The van der Waals surface area contributed by atoms with Crippen LogP contribution in [0.25, 0.3) is 12.2 Å². The van der Waals surface area contributed by atoms with Crippen LogP contribution >= 0.6 is 0 Å². The van der Waals surface area contributed by atoms with Gasteiger partial charge in [-0.2, -0.15) is 0 Å². The van der Waals surface area contributed by atoms with Gasteiger partial charge in [0.15, 0.2) is 15.6 Å². The van der Waals surface area contributed by atoms with Crippen LogP contribution in [0.2, 0.25) is 0 Å². The molecule has 0 radical (unpaired) electrons. The molecule has 0 atom stereocenters. The third kappa shape index (κ3) is 6.45. The normalized spacial score (nSPS) is 12.1. The number of aryl methyl sites for hydroxylation is 1. The SMILES string of the molecule is CCc1cccc(/C=C/C(=O)/C=C/c2cccc(CS(=O)(=O)CC)c2)c1. The fraction of sp³-hybridized carbons (Fsp3) is 0.227. The van der Waals surface area contributed by atoms with Crippen LogP contribution in [0.5, 0.6) is 0 Å². The van der Waals surface area contributed by atoms with Gasteiger partial charge in [-0.3, -0.25) is 4.79 Å². The van der Waals surface area contributed by atoms with E-state index < -0.39 is 9.84 Å². The molecule has 0 N–H and O–H groups in total. The van der Waals surface area contributed by atoms with E-state index in [-0.39, 0.29) is 17.3 Å². The number of allylic oxidation sites excluding steroid dienone is 2. The van der Waals surface area contributed by atoms with E-state index in [2.05, 4.69) is 19.1 Å². The lowest BCUT2D eigenvalue weighted by Crippen LogP contribution is -2.06. The monoisotopic (exact) mass is 368 g/mol. The second-order valence-corrected chi connectivity index (χ2v) is 8.44. The van der Waals surface area contributed by atoms with Gasteiger partial charge >= 0.3 is 0 Å². The number of rotatable bonds is 8. The number of ketones is 1. The summed E-state index contributed by atoms with van der Waals surface area (Å²) in [6.07, 6.45) is 7.50. The van der Waals surface area contributed by atoms with Gasteiger partial charge in [0.25, 0.3) is 0 Å². The van der Waals surface area contributed by atoms with Gasteiger partial charge in [-0.15, -0.1) is 0 Å². The van der Waals surface area contributed by atoms with Crippen LogP contribution in [0.15, 0.2) is 60.7 Å². The molecule has 0 unspecified atom stereocenters. The molecule has 2 rings (SSSR count). The summed E-state index contributed by atoms with van der Waals surface area (Å²) >= 11 is 0. The van der Waals surface area contributed by atoms with Crippen LogP contribution < -0.4 is 0 Å². The fourth-order valence-electron chi connectivity index (χ4n) is 2.47. The lowest BCUT2D eigenvalue weighted by molar-refractivity contribution is -0.110. The van der Waals surface area contributed by atoms with Gasteiger partial charge in [-0.05, 0) is 40.8 Å². The summed E-state index contributed by atoms with van der Waals surface area (Å²) in [6, 6.07) is 15.3. The average molecular weight is 368 g/mol. The predicted octanol–water partition coefficient (Wildman–Crippen LogP) is 4.48. The summed E-state index contributed by atoms with van der Waals surface area (Å²) in [5.41, 5.74) is 3.77. The highest BCUT2D eigenvalue weighted by atomic mass is 32.2. The molecule has 0 aliphatic carbocycles. The highest BCUT2D eigenvalue weighted by molar-refractivity contribution is 7.90. The van der Waals surface area contributed by atoms with Gasteiger partial charge in [-0.25, -0.2) is 8.42 Å². The Bertz CT molecular complexity index is 922. The Balaban J connectivity index is 2.04. The molecule has 2 aromatic carbocycles. The van der Waals surface area contributed by atoms with Crippen molar-refractivity contribution in [3.63, 3.8) is 0 Å². The topological polar surface area (TPSA) is 51.2 Å². The third-order valence-corrected chi connectivity index (χ3v) is 5.67. The van der Waals surface area contributed by atoms with E-state index in [1.54, 1.807) is 37.3 Å².